The first-order chi connectivity index (χ1) is 11.2. The van der Waals surface area contributed by atoms with E-state index in [0.717, 1.165) is 37.7 Å². The van der Waals surface area contributed by atoms with Crippen molar-refractivity contribution in [2.45, 2.75) is 32.4 Å². The standard InChI is InChI=1S/C19H28N2O2/c1-15(22)18-6-3-16(4-7-18)11-20-12-17-5-8-19(14-20)21(13-17)9-10-23-2/h3-4,6-7,17,19H,5,8-14H2,1-2H3/t17-,19+/m0/s1. The van der Waals surface area contributed by atoms with E-state index in [1.807, 2.05) is 12.1 Å². The van der Waals surface area contributed by atoms with Gasteiger partial charge in [-0.25, -0.2) is 0 Å². The first-order valence-electron chi connectivity index (χ1n) is 8.71. The van der Waals surface area contributed by atoms with Crippen LogP contribution in [0.2, 0.25) is 0 Å². The SMILES string of the molecule is COCCN1C[C@H]2CC[C@@H]1CN(Cc1ccc(C(C)=O)cc1)C2. The summed E-state index contributed by atoms with van der Waals surface area (Å²) in [5.41, 5.74) is 2.11. The van der Waals surface area contributed by atoms with Crippen LogP contribution in [0.3, 0.4) is 0 Å². The maximum atomic E-state index is 11.4. The molecule has 0 aromatic heterocycles. The number of benzene rings is 1. The van der Waals surface area contributed by atoms with Gasteiger partial charge in [-0.15, -0.1) is 0 Å². The van der Waals surface area contributed by atoms with Crippen molar-refractivity contribution in [2.75, 3.05) is 39.9 Å². The van der Waals surface area contributed by atoms with Gasteiger partial charge in [0.2, 0.25) is 0 Å². The summed E-state index contributed by atoms with van der Waals surface area (Å²) in [7, 11) is 1.78. The zero-order valence-electron chi connectivity index (χ0n) is 14.3. The van der Waals surface area contributed by atoms with Crippen LogP contribution in [0.1, 0.15) is 35.7 Å². The van der Waals surface area contributed by atoms with Crippen molar-refractivity contribution in [1.82, 2.24) is 9.80 Å². The number of nitrogens with zero attached hydrogens (tertiary/aromatic N) is 2. The lowest BCUT2D eigenvalue weighted by molar-refractivity contribution is 0.0867. The van der Waals surface area contributed by atoms with Crippen LogP contribution in [0, 0.1) is 5.92 Å². The molecule has 4 nitrogen and oxygen atoms in total. The summed E-state index contributed by atoms with van der Waals surface area (Å²) in [5, 5.41) is 0. The van der Waals surface area contributed by atoms with E-state index in [9.17, 15) is 4.79 Å². The minimum absolute atomic E-state index is 0.137. The van der Waals surface area contributed by atoms with E-state index in [0.29, 0.717) is 6.04 Å². The van der Waals surface area contributed by atoms with Gasteiger partial charge in [0.05, 0.1) is 6.61 Å². The molecule has 1 aromatic rings. The van der Waals surface area contributed by atoms with Gasteiger partial charge in [-0.05, 0) is 31.2 Å². The average molecular weight is 316 g/mol. The van der Waals surface area contributed by atoms with Gasteiger partial charge in [-0.2, -0.15) is 0 Å². The fourth-order valence-electron chi connectivity index (χ4n) is 3.99. The summed E-state index contributed by atoms with van der Waals surface area (Å²) in [6.07, 6.45) is 2.67. The Hall–Kier alpha value is -1.23. The molecule has 0 N–H and O–H groups in total. The van der Waals surface area contributed by atoms with Crippen LogP contribution < -0.4 is 0 Å². The normalized spacial score (nSPS) is 25.5. The lowest BCUT2D eigenvalue weighted by Gasteiger charge is -2.35. The predicted molar refractivity (Wildman–Crippen MR) is 91.7 cm³/mol. The highest BCUT2D eigenvalue weighted by Crippen LogP contribution is 2.28. The summed E-state index contributed by atoms with van der Waals surface area (Å²) >= 11 is 0. The minimum Gasteiger partial charge on any atom is -0.383 e. The summed E-state index contributed by atoms with van der Waals surface area (Å²) in [6.45, 7) is 8.05. The molecule has 3 fully saturated rings. The van der Waals surface area contributed by atoms with E-state index in [1.165, 1.54) is 31.5 Å². The van der Waals surface area contributed by atoms with E-state index >= 15 is 0 Å². The Bertz CT molecular complexity index is 529. The van der Waals surface area contributed by atoms with Crippen LogP contribution in [0.15, 0.2) is 24.3 Å². The second kappa shape index (κ2) is 7.56. The molecule has 0 aliphatic carbocycles. The highest BCUT2D eigenvalue weighted by Gasteiger charge is 2.34. The van der Waals surface area contributed by atoms with E-state index in [-0.39, 0.29) is 5.78 Å². The Balaban J connectivity index is 1.62. The highest BCUT2D eigenvalue weighted by atomic mass is 16.5. The largest absolute Gasteiger partial charge is 0.383 e. The average Bonchev–Trinajstić information content (AvgIpc) is 2.83. The van der Waals surface area contributed by atoms with E-state index < -0.39 is 0 Å². The summed E-state index contributed by atoms with van der Waals surface area (Å²) in [5.74, 6) is 0.917. The number of rotatable bonds is 6. The fraction of sp³-hybridized carbons (Fsp3) is 0.632. The first kappa shape index (κ1) is 16.6. The van der Waals surface area contributed by atoms with Crippen molar-refractivity contribution in [2.24, 2.45) is 5.92 Å². The maximum Gasteiger partial charge on any atom is 0.159 e. The molecule has 0 amide bonds. The predicted octanol–water partition coefficient (Wildman–Crippen LogP) is 2.43. The van der Waals surface area contributed by atoms with Gasteiger partial charge in [-0.3, -0.25) is 14.6 Å². The zero-order valence-corrected chi connectivity index (χ0v) is 14.3. The molecule has 4 heteroatoms. The van der Waals surface area contributed by atoms with Gasteiger partial charge >= 0.3 is 0 Å². The number of hydrogen-bond donors (Lipinski definition) is 0. The molecule has 0 spiro atoms. The minimum atomic E-state index is 0.137. The van der Waals surface area contributed by atoms with Gasteiger partial charge in [0.15, 0.2) is 5.78 Å². The number of hydrogen-bond acceptors (Lipinski definition) is 4. The van der Waals surface area contributed by atoms with Crippen LogP contribution in [-0.4, -0.2) is 61.5 Å². The van der Waals surface area contributed by atoms with Crippen LogP contribution in [0.5, 0.6) is 0 Å². The van der Waals surface area contributed by atoms with Crippen molar-refractivity contribution < 1.29 is 9.53 Å². The first-order valence-corrected chi connectivity index (χ1v) is 8.71. The van der Waals surface area contributed by atoms with Gasteiger partial charge in [0.1, 0.15) is 0 Å². The molecular weight excluding hydrogens is 288 g/mol. The monoisotopic (exact) mass is 316 g/mol. The Morgan fingerprint density at radius 3 is 2.65 bits per heavy atom. The topological polar surface area (TPSA) is 32.8 Å². The van der Waals surface area contributed by atoms with Crippen molar-refractivity contribution in [1.29, 1.82) is 0 Å². The Morgan fingerprint density at radius 1 is 1.17 bits per heavy atom. The van der Waals surface area contributed by atoms with Crippen LogP contribution in [-0.2, 0) is 11.3 Å². The molecule has 3 saturated heterocycles. The van der Waals surface area contributed by atoms with Crippen LogP contribution in [0.4, 0.5) is 0 Å². The Morgan fingerprint density at radius 2 is 1.96 bits per heavy atom. The third kappa shape index (κ3) is 4.19. The Kier molecular flexibility index (Phi) is 5.46. The molecule has 1 aromatic carbocycles. The van der Waals surface area contributed by atoms with E-state index in [2.05, 4.69) is 21.9 Å². The van der Waals surface area contributed by atoms with Crippen LogP contribution in [0.25, 0.3) is 0 Å². The molecule has 3 aliphatic rings. The summed E-state index contributed by atoms with van der Waals surface area (Å²) in [6, 6.07) is 8.78. The highest BCUT2D eigenvalue weighted by molar-refractivity contribution is 5.93. The molecule has 126 valence electrons. The number of carbonyl (C=O) groups is 1. The number of methoxy groups -OCH3 is 1. The molecule has 0 saturated carbocycles. The van der Waals surface area contributed by atoms with Crippen molar-refractivity contribution in [3.8, 4) is 0 Å². The van der Waals surface area contributed by atoms with Gasteiger partial charge in [0, 0.05) is 51.4 Å². The molecule has 3 heterocycles. The summed E-state index contributed by atoms with van der Waals surface area (Å²) < 4.78 is 5.26. The summed E-state index contributed by atoms with van der Waals surface area (Å²) in [4.78, 5) is 16.6. The molecule has 23 heavy (non-hydrogen) atoms. The fourth-order valence-corrected chi connectivity index (χ4v) is 3.99. The second-order valence-electron chi connectivity index (χ2n) is 7.03. The van der Waals surface area contributed by atoms with E-state index in [4.69, 9.17) is 4.74 Å². The molecular formula is C19H28N2O2. The molecule has 0 unspecified atom stereocenters. The van der Waals surface area contributed by atoms with E-state index in [1.54, 1.807) is 14.0 Å². The Labute approximate surface area is 139 Å². The van der Waals surface area contributed by atoms with Gasteiger partial charge in [0.25, 0.3) is 0 Å². The molecule has 0 radical (unpaired) electrons. The smallest absolute Gasteiger partial charge is 0.159 e. The third-order valence-corrected chi connectivity index (χ3v) is 5.25. The lowest BCUT2D eigenvalue weighted by Crippen LogP contribution is -2.45. The van der Waals surface area contributed by atoms with Crippen molar-refractivity contribution in [3.05, 3.63) is 35.4 Å². The number of ether oxygens (including phenoxy) is 1. The number of fused-ring (bicyclic) bond motifs is 4. The molecule has 3 aliphatic heterocycles. The third-order valence-electron chi connectivity index (χ3n) is 5.25. The van der Waals surface area contributed by atoms with Crippen molar-refractivity contribution >= 4 is 5.78 Å². The number of Topliss-reactive ketones (excluding diaryl/α,β-unsaturated/α-hetero) is 1. The van der Waals surface area contributed by atoms with Crippen LogP contribution >= 0.6 is 0 Å². The number of piperidine rings is 1. The van der Waals surface area contributed by atoms with Gasteiger partial charge < -0.3 is 4.74 Å². The van der Waals surface area contributed by atoms with Gasteiger partial charge in [-0.1, -0.05) is 24.3 Å². The second-order valence-corrected chi connectivity index (χ2v) is 7.03. The molecule has 2 atom stereocenters. The molecule has 4 rings (SSSR count). The quantitative estimate of drug-likeness (QED) is 0.755. The maximum absolute atomic E-state index is 11.4. The number of carbonyl (C=O) groups excluding carboxylic acids is 1. The molecule has 2 bridgehead atoms. The number of ketones is 1. The van der Waals surface area contributed by atoms with Crippen molar-refractivity contribution in [3.63, 3.8) is 0 Å². The lowest BCUT2D eigenvalue weighted by atomic mass is 9.95. The zero-order chi connectivity index (χ0) is 16.2.